The molecular formula is C20H28ClFN4O3S. The lowest BCUT2D eigenvalue weighted by Gasteiger charge is -2.35. The van der Waals surface area contributed by atoms with Crippen molar-refractivity contribution in [2.75, 3.05) is 11.9 Å². The molecule has 166 valence electrons. The lowest BCUT2D eigenvalue weighted by molar-refractivity contribution is -0.384. The number of nitro benzene ring substituents is 1. The summed E-state index contributed by atoms with van der Waals surface area (Å²) in [6.07, 6.45) is 6.49. The molecule has 1 saturated carbocycles. The first kappa shape index (κ1) is 24.4. The molecule has 1 heterocycles. The van der Waals surface area contributed by atoms with E-state index in [-0.39, 0.29) is 41.0 Å². The van der Waals surface area contributed by atoms with Crippen LogP contribution < -0.4 is 4.90 Å². The van der Waals surface area contributed by atoms with Crippen molar-refractivity contribution >= 4 is 46.6 Å². The van der Waals surface area contributed by atoms with Crippen molar-refractivity contribution in [1.82, 2.24) is 4.90 Å². The molecule has 1 saturated heterocycles. The van der Waals surface area contributed by atoms with Gasteiger partial charge in [0, 0.05) is 31.4 Å². The zero-order chi connectivity index (χ0) is 21.1. The van der Waals surface area contributed by atoms with Gasteiger partial charge in [0.1, 0.15) is 12.0 Å². The Morgan fingerprint density at radius 1 is 1.30 bits per heavy atom. The number of amides is 1. The Hall–Kier alpha value is -1.87. The van der Waals surface area contributed by atoms with Gasteiger partial charge in [-0.15, -0.1) is 12.4 Å². The summed E-state index contributed by atoms with van der Waals surface area (Å²) < 4.78 is 14.6. The number of rotatable bonds is 4. The number of benzene rings is 1. The summed E-state index contributed by atoms with van der Waals surface area (Å²) in [5.74, 6) is -1.03. The number of thioether (sulfide) groups is 1. The zero-order valence-electron chi connectivity index (χ0n) is 17.4. The van der Waals surface area contributed by atoms with E-state index in [1.54, 1.807) is 11.8 Å². The van der Waals surface area contributed by atoms with Gasteiger partial charge in [0.2, 0.25) is 5.91 Å². The van der Waals surface area contributed by atoms with Gasteiger partial charge in [-0.05, 0) is 25.8 Å². The SMILES string of the molecule is CC(=O)N(c1cc([N+](=O)[O-])ccc1F)C1C(C)SC(=NC2CCCCCC2)N1C.Cl. The van der Waals surface area contributed by atoms with Crippen LogP contribution in [-0.4, -0.2) is 45.4 Å². The molecule has 1 aliphatic heterocycles. The first-order valence-corrected chi connectivity index (χ1v) is 10.9. The second kappa shape index (κ2) is 10.4. The summed E-state index contributed by atoms with van der Waals surface area (Å²) in [6, 6.07) is 3.54. The van der Waals surface area contributed by atoms with E-state index in [1.165, 1.54) is 37.5 Å². The van der Waals surface area contributed by atoms with Gasteiger partial charge in [-0.2, -0.15) is 0 Å². The summed E-state index contributed by atoms with van der Waals surface area (Å²) in [4.78, 5) is 31.2. The minimum atomic E-state index is -0.662. The maximum absolute atomic E-state index is 14.6. The predicted molar refractivity (Wildman–Crippen MR) is 121 cm³/mol. The standard InChI is InChI=1S/C20H27FN4O3S.ClH/c1-13-19(23(3)20(29-13)22-15-8-6-4-5-7-9-15)24(14(2)26)18-12-16(25(27)28)10-11-17(18)21;/h10-13,15,19H,4-9H2,1-3H3;1H. The second-order valence-electron chi connectivity index (χ2n) is 7.69. The van der Waals surface area contributed by atoms with Crippen molar-refractivity contribution in [3.05, 3.63) is 34.1 Å². The number of amidine groups is 1. The topological polar surface area (TPSA) is 79.0 Å². The molecule has 30 heavy (non-hydrogen) atoms. The number of nitro groups is 1. The Labute approximate surface area is 186 Å². The van der Waals surface area contributed by atoms with Crippen LogP contribution in [0.15, 0.2) is 23.2 Å². The lowest BCUT2D eigenvalue weighted by atomic mass is 10.1. The summed E-state index contributed by atoms with van der Waals surface area (Å²) in [7, 11) is 1.85. The van der Waals surface area contributed by atoms with Crippen LogP contribution in [-0.2, 0) is 4.79 Å². The van der Waals surface area contributed by atoms with E-state index in [0.717, 1.165) is 36.2 Å². The van der Waals surface area contributed by atoms with Crippen molar-refractivity contribution in [2.45, 2.75) is 69.8 Å². The van der Waals surface area contributed by atoms with Crippen LogP contribution in [0.2, 0.25) is 0 Å². The van der Waals surface area contributed by atoms with E-state index in [4.69, 9.17) is 4.99 Å². The van der Waals surface area contributed by atoms with Crippen LogP contribution in [0.25, 0.3) is 0 Å². The number of halogens is 2. The highest BCUT2D eigenvalue weighted by Crippen LogP contribution is 2.37. The molecule has 2 atom stereocenters. The maximum Gasteiger partial charge on any atom is 0.271 e. The molecule has 0 spiro atoms. The molecule has 0 aromatic heterocycles. The van der Waals surface area contributed by atoms with Gasteiger partial charge in [0.25, 0.3) is 5.69 Å². The number of carbonyl (C=O) groups is 1. The number of hydrogen-bond acceptors (Lipinski definition) is 5. The smallest absolute Gasteiger partial charge is 0.271 e. The third-order valence-electron chi connectivity index (χ3n) is 5.53. The van der Waals surface area contributed by atoms with Crippen LogP contribution in [0.3, 0.4) is 0 Å². The molecule has 1 aromatic carbocycles. The number of carbonyl (C=O) groups excluding carboxylic acids is 1. The molecular weight excluding hydrogens is 431 g/mol. The highest BCUT2D eigenvalue weighted by Gasteiger charge is 2.41. The molecule has 2 fully saturated rings. The van der Waals surface area contributed by atoms with Gasteiger partial charge in [0.15, 0.2) is 5.17 Å². The van der Waals surface area contributed by atoms with Crippen molar-refractivity contribution < 1.29 is 14.1 Å². The fraction of sp³-hybridized carbons (Fsp3) is 0.600. The van der Waals surface area contributed by atoms with E-state index in [9.17, 15) is 19.3 Å². The summed E-state index contributed by atoms with van der Waals surface area (Å²) in [5, 5.41) is 11.9. The average Bonchev–Trinajstić information content (AvgIpc) is 2.83. The second-order valence-corrected chi connectivity index (χ2v) is 9.03. The van der Waals surface area contributed by atoms with E-state index < -0.39 is 16.9 Å². The van der Waals surface area contributed by atoms with E-state index in [1.807, 2.05) is 18.9 Å². The Balaban J connectivity index is 0.00000320. The van der Waals surface area contributed by atoms with Gasteiger partial charge < -0.3 is 4.90 Å². The van der Waals surface area contributed by atoms with Crippen molar-refractivity contribution in [3.63, 3.8) is 0 Å². The molecule has 3 rings (SSSR count). The molecule has 2 aliphatic rings. The van der Waals surface area contributed by atoms with Crippen LogP contribution in [0.5, 0.6) is 0 Å². The maximum atomic E-state index is 14.6. The van der Waals surface area contributed by atoms with Crippen molar-refractivity contribution in [1.29, 1.82) is 0 Å². The Morgan fingerprint density at radius 3 is 2.50 bits per heavy atom. The number of non-ortho nitro benzene ring substituents is 1. The van der Waals surface area contributed by atoms with E-state index in [0.29, 0.717) is 0 Å². The van der Waals surface area contributed by atoms with Gasteiger partial charge in [-0.3, -0.25) is 24.8 Å². The summed E-state index contributed by atoms with van der Waals surface area (Å²) in [5.41, 5.74) is -0.326. The molecule has 1 aliphatic carbocycles. The van der Waals surface area contributed by atoms with E-state index in [2.05, 4.69) is 0 Å². The number of hydrogen-bond donors (Lipinski definition) is 0. The first-order valence-electron chi connectivity index (χ1n) is 10.0. The number of aliphatic imine (C=N–C) groups is 1. The van der Waals surface area contributed by atoms with Crippen LogP contribution in [0.4, 0.5) is 15.8 Å². The zero-order valence-corrected chi connectivity index (χ0v) is 19.0. The summed E-state index contributed by atoms with van der Waals surface area (Å²) >= 11 is 1.56. The fourth-order valence-electron chi connectivity index (χ4n) is 4.08. The normalized spacial score (nSPS) is 23.7. The monoisotopic (exact) mass is 458 g/mol. The van der Waals surface area contributed by atoms with Gasteiger partial charge in [0.05, 0.1) is 16.7 Å². The van der Waals surface area contributed by atoms with Gasteiger partial charge >= 0.3 is 0 Å². The molecule has 10 heteroatoms. The van der Waals surface area contributed by atoms with Crippen molar-refractivity contribution in [2.24, 2.45) is 4.99 Å². The molecule has 1 aromatic rings. The van der Waals surface area contributed by atoms with Crippen LogP contribution in [0.1, 0.15) is 52.4 Å². The van der Waals surface area contributed by atoms with Gasteiger partial charge in [-0.1, -0.05) is 37.4 Å². The fourth-order valence-corrected chi connectivity index (χ4v) is 5.33. The molecule has 0 radical (unpaired) electrons. The largest absolute Gasteiger partial charge is 0.333 e. The minimum Gasteiger partial charge on any atom is -0.333 e. The first-order chi connectivity index (χ1) is 13.8. The molecule has 2 unspecified atom stereocenters. The Morgan fingerprint density at radius 2 is 1.93 bits per heavy atom. The molecule has 0 bridgehead atoms. The van der Waals surface area contributed by atoms with Crippen molar-refractivity contribution in [3.8, 4) is 0 Å². The van der Waals surface area contributed by atoms with Crippen LogP contribution in [0, 0.1) is 15.9 Å². The summed E-state index contributed by atoms with van der Waals surface area (Å²) in [6.45, 7) is 3.32. The van der Waals surface area contributed by atoms with Crippen LogP contribution >= 0.6 is 24.2 Å². The Bertz CT molecular complexity index is 817. The molecule has 7 nitrogen and oxygen atoms in total. The third kappa shape index (κ3) is 5.24. The molecule has 0 N–H and O–H groups in total. The number of nitrogens with zero attached hydrogens (tertiary/aromatic N) is 4. The minimum absolute atomic E-state index is 0. The highest BCUT2D eigenvalue weighted by atomic mass is 35.5. The average molecular weight is 459 g/mol. The lowest BCUT2D eigenvalue weighted by Crippen LogP contribution is -2.51. The molecule has 1 amide bonds. The predicted octanol–water partition coefficient (Wildman–Crippen LogP) is 4.98. The van der Waals surface area contributed by atoms with E-state index >= 15 is 0 Å². The third-order valence-corrected chi connectivity index (χ3v) is 6.75. The Kier molecular flexibility index (Phi) is 8.49. The quantitative estimate of drug-likeness (QED) is 0.361. The highest BCUT2D eigenvalue weighted by molar-refractivity contribution is 8.14. The number of anilines is 1. The van der Waals surface area contributed by atoms with Gasteiger partial charge in [-0.25, -0.2) is 4.39 Å².